The van der Waals surface area contributed by atoms with Crippen molar-refractivity contribution in [1.82, 2.24) is 9.88 Å². The molecule has 0 bridgehead atoms. The van der Waals surface area contributed by atoms with Gasteiger partial charge in [0, 0.05) is 38.9 Å². The van der Waals surface area contributed by atoms with E-state index in [0.717, 1.165) is 24.5 Å². The van der Waals surface area contributed by atoms with Gasteiger partial charge in [-0.25, -0.2) is 9.78 Å². The van der Waals surface area contributed by atoms with Crippen molar-refractivity contribution in [1.29, 1.82) is 0 Å². The number of hydrogen-bond acceptors (Lipinski definition) is 5. The second-order valence-electron chi connectivity index (χ2n) is 5.14. The summed E-state index contributed by atoms with van der Waals surface area (Å²) in [5.41, 5.74) is 6.58. The van der Waals surface area contributed by atoms with Gasteiger partial charge in [-0.2, -0.15) is 0 Å². The van der Waals surface area contributed by atoms with Gasteiger partial charge in [-0.15, -0.1) is 0 Å². The summed E-state index contributed by atoms with van der Waals surface area (Å²) in [5.74, 6) is 0.930. The molecule has 20 heavy (non-hydrogen) atoms. The average molecular weight is 278 g/mol. The van der Waals surface area contributed by atoms with Crippen LogP contribution in [0.3, 0.4) is 0 Å². The van der Waals surface area contributed by atoms with Gasteiger partial charge >= 0.3 is 6.09 Å². The largest absolute Gasteiger partial charge is 0.447 e. The number of nitrogens with zero attached hydrogens (tertiary/aromatic N) is 3. The fourth-order valence-electron chi connectivity index (χ4n) is 2.12. The summed E-state index contributed by atoms with van der Waals surface area (Å²) in [4.78, 5) is 20.1. The van der Waals surface area contributed by atoms with E-state index in [0.29, 0.717) is 19.6 Å². The average Bonchev–Trinajstić information content (AvgIpc) is 2.47. The van der Waals surface area contributed by atoms with Crippen molar-refractivity contribution in [3.63, 3.8) is 0 Å². The minimum Gasteiger partial charge on any atom is -0.447 e. The molecule has 1 saturated heterocycles. The molecule has 0 radical (unpaired) electrons. The van der Waals surface area contributed by atoms with Crippen LogP contribution in [0.1, 0.15) is 19.4 Å². The lowest BCUT2D eigenvalue weighted by molar-refractivity contribution is 0.0751. The van der Waals surface area contributed by atoms with Crippen molar-refractivity contribution in [2.45, 2.75) is 26.5 Å². The molecule has 1 fully saturated rings. The SMILES string of the molecule is CC(C)OC(=O)N1CCN(c2ccc(CN)cn2)CC1. The Morgan fingerprint density at radius 2 is 2.05 bits per heavy atom. The molecule has 1 aromatic heterocycles. The summed E-state index contributed by atoms with van der Waals surface area (Å²) >= 11 is 0. The first-order chi connectivity index (χ1) is 9.60. The van der Waals surface area contributed by atoms with Crippen molar-refractivity contribution < 1.29 is 9.53 Å². The van der Waals surface area contributed by atoms with Crippen LogP contribution in [-0.4, -0.2) is 48.3 Å². The molecule has 0 saturated carbocycles. The first-order valence-corrected chi connectivity index (χ1v) is 6.95. The number of ether oxygens (including phenoxy) is 1. The number of aromatic nitrogens is 1. The Bertz CT molecular complexity index is 439. The number of amides is 1. The molecule has 2 N–H and O–H groups in total. The third kappa shape index (κ3) is 3.60. The van der Waals surface area contributed by atoms with Crippen molar-refractivity contribution >= 4 is 11.9 Å². The molecule has 1 aliphatic heterocycles. The van der Waals surface area contributed by atoms with Gasteiger partial charge in [0.1, 0.15) is 5.82 Å². The smallest absolute Gasteiger partial charge is 0.410 e. The molecular weight excluding hydrogens is 256 g/mol. The molecule has 6 heteroatoms. The zero-order valence-electron chi connectivity index (χ0n) is 12.1. The van der Waals surface area contributed by atoms with Gasteiger partial charge in [0.25, 0.3) is 0 Å². The van der Waals surface area contributed by atoms with E-state index in [-0.39, 0.29) is 12.2 Å². The Labute approximate surface area is 119 Å². The Kier molecular flexibility index (Phi) is 4.79. The lowest BCUT2D eigenvalue weighted by Gasteiger charge is -2.35. The van der Waals surface area contributed by atoms with Gasteiger partial charge in [-0.3, -0.25) is 0 Å². The van der Waals surface area contributed by atoms with E-state index >= 15 is 0 Å². The molecule has 1 aliphatic rings. The van der Waals surface area contributed by atoms with Gasteiger partial charge in [0.05, 0.1) is 6.10 Å². The number of pyridine rings is 1. The molecule has 110 valence electrons. The highest BCUT2D eigenvalue weighted by molar-refractivity contribution is 5.68. The first-order valence-electron chi connectivity index (χ1n) is 6.95. The Morgan fingerprint density at radius 3 is 2.55 bits per heavy atom. The zero-order valence-corrected chi connectivity index (χ0v) is 12.1. The third-order valence-corrected chi connectivity index (χ3v) is 3.24. The van der Waals surface area contributed by atoms with Crippen molar-refractivity contribution in [2.24, 2.45) is 5.73 Å². The van der Waals surface area contributed by atoms with Crippen LogP contribution in [0.4, 0.5) is 10.6 Å². The molecule has 0 unspecified atom stereocenters. The van der Waals surface area contributed by atoms with E-state index in [4.69, 9.17) is 10.5 Å². The second-order valence-corrected chi connectivity index (χ2v) is 5.14. The van der Waals surface area contributed by atoms with Gasteiger partial charge in [-0.05, 0) is 25.5 Å². The first kappa shape index (κ1) is 14.6. The maximum atomic E-state index is 11.8. The Morgan fingerprint density at radius 1 is 1.35 bits per heavy atom. The molecule has 0 spiro atoms. The topological polar surface area (TPSA) is 71.7 Å². The number of anilines is 1. The zero-order chi connectivity index (χ0) is 14.5. The van der Waals surface area contributed by atoms with Crippen LogP contribution in [0.25, 0.3) is 0 Å². The molecule has 6 nitrogen and oxygen atoms in total. The molecule has 1 amide bonds. The highest BCUT2D eigenvalue weighted by atomic mass is 16.6. The number of nitrogens with two attached hydrogens (primary N) is 1. The van der Waals surface area contributed by atoms with Crippen LogP contribution in [0.5, 0.6) is 0 Å². The van der Waals surface area contributed by atoms with E-state index in [2.05, 4.69) is 9.88 Å². The van der Waals surface area contributed by atoms with Crippen LogP contribution in [0.2, 0.25) is 0 Å². The maximum Gasteiger partial charge on any atom is 0.410 e. The van der Waals surface area contributed by atoms with Crippen molar-refractivity contribution in [2.75, 3.05) is 31.1 Å². The standard InChI is InChI=1S/C14H22N4O2/c1-11(2)20-14(19)18-7-5-17(6-8-18)13-4-3-12(9-15)10-16-13/h3-4,10-11H,5-9,15H2,1-2H3. The Hall–Kier alpha value is -1.82. The van der Waals surface area contributed by atoms with Gasteiger partial charge in [-0.1, -0.05) is 6.07 Å². The number of carbonyl (C=O) groups excluding carboxylic acids is 1. The summed E-state index contributed by atoms with van der Waals surface area (Å²) in [6.45, 7) is 7.07. The van der Waals surface area contributed by atoms with Crippen LogP contribution in [0, 0.1) is 0 Å². The summed E-state index contributed by atoms with van der Waals surface area (Å²) in [7, 11) is 0. The van der Waals surface area contributed by atoms with Crippen LogP contribution in [-0.2, 0) is 11.3 Å². The molecule has 0 aromatic carbocycles. The fourth-order valence-corrected chi connectivity index (χ4v) is 2.12. The number of piperazine rings is 1. The van der Waals surface area contributed by atoms with E-state index in [9.17, 15) is 4.79 Å². The van der Waals surface area contributed by atoms with E-state index < -0.39 is 0 Å². The highest BCUT2D eigenvalue weighted by Gasteiger charge is 2.23. The molecule has 0 atom stereocenters. The summed E-state index contributed by atoms with van der Waals surface area (Å²) in [6.07, 6.45) is 1.49. The molecule has 1 aromatic rings. The minimum absolute atomic E-state index is 0.0778. The van der Waals surface area contributed by atoms with Crippen molar-refractivity contribution in [3.05, 3.63) is 23.9 Å². The summed E-state index contributed by atoms with van der Waals surface area (Å²) < 4.78 is 5.20. The summed E-state index contributed by atoms with van der Waals surface area (Å²) in [6, 6.07) is 3.96. The van der Waals surface area contributed by atoms with E-state index in [1.807, 2.05) is 26.0 Å². The van der Waals surface area contributed by atoms with Crippen LogP contribution in [0.15, 0.2) is 18.3 Å². The van der Waals surface area contributed by atoms with E-state index in [1.54, 1.807) is 11.1 Å². The predicted molar refractivity (Wildman–Crippen MR) is 77.5 cm³/mol. The highest BCUT2D eigenvalue weighted by Crippen LogP contribution is 2.14. The third-order valence-electron chi connectivity index (χ3n) is 3.24. The van der Waals surface area contributed by atoms with Crippen LogP contribution < -0.4 is 10.6 Å². The van der Waals surface area contributed by atoms with Crippen LogP contribution >= 0.6 is 0 Å². The second kappa shape index (κ2) is 6.56. The predicted octanol–water partition coefficient (Wildman–Crippen LogP) is 1.21. The number of carbonyl (C=O) groups is 1. The Balaban J connectivity index is 1.88. The number of hydrogen-bond donors (Lipinski definition) is 1. The molecule has 2 rings (SSSR count). The normalized spacial score (nSPS) is 15.6. The molecule has 0 aliphatic carbocycles. The maximum absolute atomic E-state index is 11.8. The lowest BCUT2D eigenvalue weighted by atomic mass is 10.2. The van der Waals surface area contributed by atoms with E-state index in [1.165, 1.54) is 0 Å². The lowest BCUT2D eigenvalue weighted by Crippen LogP contribution is -2.49. The van der Waals surface area contributed by atoms with Gasteiger partial charge in [0.15, 0.2) is 0 Å². The molecular formula is C14H22N4O2. The molecule has 2 heterocycles. The minimum atomic E-state index is -0.230. The summed E-state index contributed by atoms with van der Waals surface area (Å²) in [5, 5.41) is 0. The number of rotatable bonds is 3. The monoisotopic (exact) mass is 278 g/mol. The fraction of sp³-hybridized carbons (Fsp3) is 0.571. The van der Waals surface area contributed by atoms with Crippen molar-refractivity contribution in [3.8, 4) is 0 Å². The van der Waals surface area contributed by atoms with Gasteiger partial charge < -0.3 is 20.3 Å². The van der Waals surface area contributed by atoms with Gasteiger partial charge in [0.2, 0.25) is 0 Å². The quantitative estimate of drug-likeness (QED) is 0.899.